The highest BCUT2D eigenvalue weighted by molar-refractivity contribution is 9.10. The predicted molar refractivity (Wildman–Crippen MR) is 48.9 cm³/mol. The summed E-state index contributed by atoms with van der Waals surface area (Å²) in [4.78, 5) is 0. The van der Waals surface area contributed by atoms with Crippen molar-refractivity contribution in [1.82, 2.24) is 0 Å². The van der Waals surface area contributed by atoms with E-state index < -0.39 is 0 Å². The Hall–Kier alpha value is -0.340. The SMILES string of the molecule is C[CH]OCc1ccc(Br)cc1. The van der Waals surface area contributed by atoms with Crippen molar-refractivity contribution in [2.75, 3.05) is 0 Å². The molecule has 0 spiro atoms. The van der Waals surface area contributed by atoms with Gasteiger partial charge in [-0.3, -0.25) is 0 Å². The van der Waals surface area contributed by atoms with Gasteiger partial charge in [0.15, 0.2) is 0 Å². The highest BCUT2D eigenvalue weighted by atomic mass is 79.9. The van der Waals surface area contributed by atoms with Crippen LogP contribution in [0, 0.1) is 6.61 Å². The molecule has 1 nitrogen and oxygen atoms in total. The van der Waals surface area contributed by atoms with Gasteiger partial charge in [-0.1, -0.05) is 28.1 Å². The average molecular weight is 214 g/mol. The molecule has 0 heterocycles. The molecule has 1 aromatic carbocycles. The van der Waals surface area contributed by atoms with Gasteiger partial charge >= 0.3 is 0 Å². The van der Waals surface area contributed by atoms with Crippen molar-refractivity contribution in [3.8, 4) is 0 Å². The van der Waals surface area contributed by atoms with Crippen molar-refractivity contribution in [3.05, 3.63) is 40.9 Å². The zero-order valence-corrected chi connectivity index (χ0v) is 7.97. The molecule has 11 heavy (non-hydrogen) atoms. The summed E-state index contributed by atoms with van der Waals surface area (Å²) in [5, 5.41) is 0. The van der Waals surface area contributed by atoms with Crippen LogP contribution in [0.3, 0.4) is 0 Å². The summed E-state index contributed by atoms with van der Waals surface area (Å²) in [7, 11) is 0. The van der Waals surface area contributed by atoms with E-state index in [1.807, 2.05) is 31.2 Å². The number of hydrogen-bond donors (Lipinski definition) is 0. The smallest absolute Gasteiger partial charge is 0.0810 e. The Bertz CT molecular complexity index is 205. The molecular formula is C9H10BrO. The maximum Gasteiger partial charge on any atom is 0.0810 e. The fourth-order valence-corrected chi connectivity index (χ4v) is 1.02. The molecule has 0 atom stereocenters. The van der Waals surface area contributed by atoms with Crippen molar-refractivity contribution in [3.63, 3.8) is 0 Å². The lowest BCUT2D eigenvalue weighted by molar-refractivity contribution is 0.191. The topological polar surface area (TPSA) is 9.23 Å². The Morgan fingerprint density at radius 3 is 2.55 bits per heavy atom. The summed E-state index contributed by atoms with van der Waals surface area (Å²) >= 11 is 3.36. The van der Waals surface area contributed by atoms with Crippen molar-refractivity contribution in [2.45, 2.75) is 13.5 Å². The molecule has 0 aliphatic heterocycles. The molecule has 0 saturated carbocycles. The quantitative estimate of drug-likeness (QED) is 0.750. The van der Waals surface area contributed by atoms with Crippen LogP contribution in [-0.4, -0.2) is 0 Å². The molecule has 1 aromatic rings. The van der Waals surface area contributed by atoms with Crippen LogP contribution in [-0.2, 0) is 11.3 Å². The largest absolute Gasteiger partial charge is 0.371 e. The maximum absolute atomic E-state index is 5.12. The Kier molecular flexibility index (Phi) is 3.60. The maximum atomic E-state index is 5.12. The molecule has 59 valence electrons. The Morgan fingerprint density at radius 1 is 1.36 bits per heavy atom. The highest BCUT2D eigenvalue weighted by Gasteiger charge is 1.90. The zero-order chi connectivity index (χ0) is 8.10. The second kappa shape index (κ2) is 4.52. The van der Waals surface area contributed by atoms with E-state index in [2.05, 4.69) is 15.9 Å². The van der Waals surface area contributed by atoms with Crippen molar-refractivity contribution < 1.29 is 4.74 Å². The molecule has 0 aromatic heterocycles. The summed E-state index contributed by atoms with van der Waals surface area (Å²) in [5.74, 6) is 0. The number of benzene rings is 1. The number of ether oxygens (including phenoxy) is 1. The Balaban J connectivity index is 2.52. The summed E-state index contributed by atoms with van der Waals surface area (Å²) in [6.45, 7) is 4.23. The summed E-state index contributed by atoms with van der Waals surface area (Å²) in [5.41, 5.74) is 1.19. The summed E-state index contributed by atoms with van der Waals surface area (Å²) < 4.78 is 6.22. The molecule has 0 saturated heterocycles. The first-order valence-electron chi connectivity index (χ1n) is 3.47. The minimum absolute atomic E-state index is 0.657. The third-order valence-electron chi connectivity index (χ3n) is 1.33. The van der Waals surface area contributed by atoms with E-state index in [0.29, 0.717) is 6.61 Å². The van der Waals surface area contributed by atoms with Gasteiger partial charge in [0.2, 0.25) is 0 Å². The Labute approximate surface area is 75.5 Å². The van der Waals surface area contributed by atoms with Crippen molar-refractivity contribution in [2.24, 2.45) is 0 Å². The van der Waals surface area contributed by atoms with Crippen LogP contribution in [0.1, 0.15) is 12.5 Å². The monoisotopic (exact) mass is 213 g/mol. The lowest BCUT2D eigenvalue weighted by atomic mass is 10.2. The second-order valence-corrected chi connectivity index (χ2v) is 3.09. The van der Waals surface area contributed by atoms with Gasteiger partial charge in [0.1, 0.15) is 0 Å². The molecule has 0 amide bonds. The van der Waals surface area contributed by atoms with Crippen LogP contribution in [0.4, 0.5) is 0 Å². The first-order chi connectivity index (χ1) is 5.33. The van der Waals surface area contributed by atoms with Crippen LogP contribution >= 0.6 is 15.9 Å². The third-order valence-corrected chi connectivity index (χ3v) is 1.86. The van der Waals surface area contributed by atoms with E-state index in [9.17, 15) is 0 Å². The Morgan fingerprint density at radius 2 is 2.00 bits per heavy atom. The van der Waals surface area contributed by atoms with E-state index in [-0.39, 0.29) is 0 Å². The van der Waals surface area contributed by atoms with Crippen molar-refractivity contribution >= 4 is 15.9 Å². The van der Waals surface area contributed by atoms with Crippen LogP contribution in [0.25, 0.3) is 0 Å². The molecule has 0 N–H and O–H groups in total. The fourth-order valence-electron chi connectivity index (χ4n) is 0.760. The van der Waals surface area contributed by atoms with E-state index >= 15 is 0 Å². The molecule has 0 aliphatic carbocycles. The van der Waals surface area contributed by atoms with Gasteiger partial charge in [-0.25, -0.2) is 0 Å². The van der Waals surface area contributed by atoms with Gasteiger partial charge in [0.25, 0.3) is 0 Å². The summed E-state index contributed by atoms with van der Waals surface area (Å²) in [6.07, 6.45) is 0. The third kappa shape index (κ3) is 3.04. The van der Waals surface area contributed by atoms with E-state index in [1.165, 1.54) is 5.56 Å². The fraction of sp³-hybridized carbons (Fsp3) is 0.222. The van der Waals surface area contributed by atoms with Crippen LogP contribution < -0.4 is 0 Å². The standard InChI is InChI=1S/C9H10BrO/c1-2-11-7-8-3-5-9(10)6-4-8/h2-6H,7H2,1H3. The molecule has 0 unspecified atom stereocenters. The second-order valence-electron chi connectivity index (χ2n) is 2.17. The lowest BCUT2D eigenvalue weighted by Gasteiger charge is -1.99. The minimum atomic E-state index is 0.657. The normalized spacial score (nSPS) is 10.0. The van der Waals surface area contributed by atoms with E-state index in [1.54, 1.807) is 6.61 Å². The highest BCUT2D eigenvalue weighted by Crippen LogP contribution is 2.11. The van der Waals surface area contributed by atoms with Crippen molar-refractivity contribution in [1.29, 1.82) is 0 Å². The first kappa shape index (κ1) is 8.75. The number of rotatable bonds is 3. The van der Waals surface area contributed by atoms with Crippen LogP contribution in [0.15, 0.2) is 28.7 Å². The molecule has 0 aliphatic rings. The van der Waals surface area contributed by atoms with Gasteiger partial charge in [-0.15, -0.1) is 0 Å². The van der Waals surface area contributed by atoms with Gasteiger partial charge in [-0.05, 0) is 24.6 Å². The molecule has 1 rings (SSSR count). The van der Waals surface area contributed by atoms with Crippen LogP contribution in [0.5, 0.6) is 0 Å². The van der Waals surface area contributed by atoms with Gasteiger partial charge < -0.3 is 4.74 Å². The first-order valence-corrected chi connectivity index (χ1v) is 4.26. The van der Waals surface area contributed by atoms with Gasteiger partial charge in [-0.2, -0.15) is 0 Å². The van der Waals surface area contributed by atoms with Gasteiger partial charge in [0, 0.05) is 4.47 Å². The molecule has 1 radical (unpaired) electrons. The molecule has 0 bridgehead atoms. The number of halogens is 1. The average Bonchev–Trinajstić information content (AvgIpc) is 2.04. The van der Waals surface area contributed by atoms with E-state index in [4.69, 9.17) is 4.74 Å². The van der Waals surface area contributed by atoms with E-state index in [0.717, 1.165) is 4.47 Å². The van der Waals surface area contributed by atoms with Gasteiger partial charge in [0.05, 0.1) is 13.2 Å². The zero-order valence-electron chi connectivity index (χ0n) is 6.38. The molecule has 2 heteroatoms. The molecule has 0 fully saturated rings. The minimum Gasteiger partial charge on any atom is -0.371 e. The van der Waals surface area contributed by atoms with Crippen LogP contribution in [0.2, 0.25) is 0 Å². The predicted octanol–water partition coefficient (Wildman–Crippen LogP) is 3.15. The number of hydrogen-bond acceptors (Lipinski definition) is 1. The lowest BCUT2D eigenvalue weighted by Crippen LogP contribution is -1.86. The summed E-state index contributed by atoms with van der Waals surface area (Å²) in [6, 6.07) is 8.09. The molecular weight excluding hydrogens is 204 g/mol.